The zero-order valence-corrected chi connectivity index (χ0v) is 18.6. The highest BCUT2D eigenvalue weighted by Crippen LogP contribution is 2.29. The molecule has 0 fully saturated rings. The minimum Gasteiger partial charge on any atom is -0.356 e. The monoisotopic (exact) mass is 549 g/mol. The Morgan fingerprint density at radius 3 is 2.61 bits per heavy atom. The number of thiazole rings is 1. The minimum atomic E-state index is -4.44. The molecule has 0 unspecified atom stereocenters. The first kappa shape index (κ1) is 24.6. The Hall–Kier alpha value is -1.45. The molecule has 0 atom stereocenters. The van der Waals surface area contributed by atoms with Crippen molar-refractivity contribution in [1.29, 1.82) is 0 Å². The molecule has 0 spiro atoms. The minimum absolute atomic E-state index is 0. The lowest BCUT2D eigenvalue weighted by Gasteiger charge is -2.12. The van der Waals surface area contributed by atoms with Gasteiger partial charge in [-0.2, -0.15) is 13.2 Å². The molecule has 13 heteroatoms. The summed E-state index contributed by atoms with van der Waals surface area (Å²) < 4.78 is 60.3. The van der Waals surface area contributed by atoms with Gasteiger partial charge in [0.05, 0.1) is 9.90 Å². The predicted octanol–water partition coefficient (Wildman–Crippen LogP) is 2.34. The van der Waals surface area contributed by atoms with Gasteiger partial charge in [-0.05, 0) is 17.7 Å². The van der Waals surface area contributed by atoms with Crippen LogP contribution in [-0.2, 0) is 29.2 Å². The fraction of sp³-hybridized carbons (Fsp3) is 0.333. The number of nitrogens with zero attached hydrogens (tertiary/aromatic N) is 2. The van der Waals surface area contributed by atoms with Crippen LogP contribution in [0.25, 0.3) is 0 Å². The molecule has 1 heterocycles. The van der Waals surface area contributed by atoms with Gasteiger partial charge >= 0.3 is 6.18 Å². The molecule has 0 aliphatic carbocycles. The largest absolute Gasteiger partial charge is 0.434 e. The van der Waals surface area contributed by atoms with Gasteiger partial charge in [-0.15, -0.1) is 35.3 Å². The number of aromatic nitrogens is 1. The molecule has 0 bridgehead atoms. The van der Waals surface area contributed by atoms with Crippen LogP contribution in [0.5, 0.6) is 0 Å². The highest BCUT2D eigenvalue weighted by molar-refractivity contribution is 14.0. The van der Waals surface area contributed by atoms with E-state index in [1.165, 1.54) is 12.1 Å². The van der Waals surface area contributed by atoms with Crippen LogP contribution >= 0.6 is 35.3 Å². The molecular weight excluding hydrogens is 530 g/mol. The maximum atomic E-state index is 12.5. The number of guanidine groups is 1. The van der Waals surface area contributed by atoms with Gasteiger partial charge in [-0.3, -0.25) is 4.99 Å². The number of halogens is 4. The Labute approximate surface area is 181 Å². The fourth-order valence-electron chi connectivity index (χ4n) is 2.08. The van der Waals surface area contributed by atoms with E-state index in [1.54, 1.807) is 19.2 Å². The van der Waals surface area contributed by atoms with Gasteiger partial charge in [0.15, 0.2) is 11.7 Å². The number of primary sulfonamides is 1. The molecule has 2 rings (SSSR count). The fourth-order valence-corrected chi connectivity index (χ4v) is 3.47. The number of nitrogens with one attached hydrogen (secondary N) is 2. The molecule has 0 saturated heterocycles. The van der Waals surface area contributed by atoms with Crippen LogP contribution in [0.1, 0.15) is 16.3 Å². The lowest BCUT2D eigenvalue weighted by molar-refractivity contribution is -0.140. The topological polar surface area (TPSA) is 109 Å². The van der Waals surface area contributed by atoms with Crippen LogP contribution in [0.2, 0.25) is 0 Å². The van der Waals surface area contributed by atoms with Gasteiger partial charge in [-0.1, -0.05) is 12.1 Å². The quantitative estimate of drug-likeness (QED) is 0.291. The zero-order chi connectivity index (χ0) is 20.1. The van der Waals surface area contributed by atoms with Gasteiger partial charge in [0.1, 0.15) is 0 Å². The van der Waals surface area contributed by atoms with E-state index < -0.39 is 21.9 Å². The van der Waals surface area contributed by atoms with Crippen molar-refractivity contribution in [3.05, 3.63) is 45.9 Å². The molecular formula is C15H19F3IN5O2S2. The van der Waals surface area contributed by atoms with Crippen molar-refractivity contribution in [2.45, 2.75) is 24.0 Å². The second kappa shape index (κ2) is 10.4. The number of hydrogen-bond donors (Lipinski definition) is 3. The summed E-state index contributed by atoms with van der Waals surface area (Å²) in [6, 6.07) is 6.15. The molecule has 7 nitrogen and oxygen atoms in total. The third kappa shape index (κ3) is 7.52. The van der Waals surface area contributed by atoms with Gasteiger partial charge in [0.25, 0.3) is 0 Å². The summed E-state index contributed by atoms with van der Waals surface area (Å²) in [5.74, 6) is 0.420. The molecule has 2 aromatic rings. The van der Waals surface area contributed by atoms with E-state index in [0.717, 1.165) is 16.7 Å². The van der Waals surface area contributed by atoms with Crippen molar-refractivity contribution in [3.63, 3.8) is 0 Å². The van der Waals surface area contributed by atoms with Crippen molar-refractivity contribution in [1.82, 2.24) is 15.6 Å². The molecule has 28 heavy (non-hydrogen) atoms. The molecule has 0 radical (unpaired) electrons. The predicted molar refractivity (Wildman–Crippen MR) is 112 cm³/mol. The highest BCUT2D eigenvalue weighted by Gasteiger charge is 2.33. The van der Waals surface area contributed by atoms with Crippen LogP contribution < -0.4 is 15.8 Å². The number of sulfonamides is 1. The number of aliphatic imine (C=N–C) groups is 1. The lowest BCUT2D eigenvalue weighted by atomic mass is 10.2. The summed E-state index contributed by atoms with van der Waals surface area (Å²) in [5.41, 5.74) is -0.209. The first-order valence-electron chi connectivity index (χ1n) is 7.67. The summed E-state index contributed by atoms with van der Waals surface area (Å²) in [6.45, 7) is 0.625. The Morgan fingerprint density at radius 1 is 1.32 bits per heavy atom. The number of hydrogen-bond acceptors (Lipinski definition) is 5. The SMILES string of the molecule is CN=C(NCCc1nc(C(F)(F)F)cs1)NCc1cccc(S(N)(=O)=O)c1.I. The van der Waals surface area contributed by atoms with Gasteiger partial charge in [-0.25, -0.2) is 18.5 Å². The molecule has 0 amide bonds. The summed E-state index contributed by atoms with van der Waals surface area (Å²) in [4.78, 5) is 7.57. The average Bonchev–Trinajstić information content (AvgIpc) is 3.06. The summed E-state index contributed by atoms with van der Waals surface area (Å²) in [5, 5.41) is 12.4. The van der Waals surface area contributed by atoms with Gasteiger partial charge < -0.3 is 10.6 Å². The summed E-state index contributed by atoms with van der Waals surface area (Å²) >= 11 is 0.950. The van der Waals surface area contributed by atoms with E-state index in [0.29, 0.717) is 36.0 Å². The standard InChI is InChI=1S/C15H18F3N5O2S2.HI/c1-20-14(21-6-5-13-23-12(9-26-13)15(16,17)18)22-8-10-3-2-4-11(7-10)27(19,24)25;/h2-4,7,9H,5-6,8H2,1H3,(H2,19,24,25)(H2,20,21,22);1H. The van der Waals surface area contributed by atoms with Crippen LogP contribution in [0.3, 0.4) is 0 Å². The van der Waals surface area contributed by atoms with Crippen molar-refractivity contribution in [3.8, 4) is 0 Å². The maximum Gasteiger partial charge on any atom is 0.434 e. The molecule has 0 aliphatic heterocycles. The smallest absolute Gasteiger partial charge is 0.356 e. The van der Waals surface area contributed by atoms with Crippen LogP contribution in [0, 0.1) is 0 Å². The highest BCUT2D eigenvalue weighted by atomic mass is 127. The lowest BCUT2D eigenvalue weighted by Crippen LogP contribution is -2.37. The van der Waals surface area contributed by atoms with E-state index in [4.69, 9.17) is 5.14 Å². The van der Waals surface area contributed by atoms with E-state index >= 15 is 0 Å². The Morgan fingerprint density at radius 2 is 2.04 bits per heavy atom. The van der Waals surface area contributed by atoms with Crippen molar-refractivity contribution < 1.29 is 21.6 Å². The Kier molecular flexibility index (Phi) is 9.10. The first-order chi connectivity index (χ1) is 12.6. The van der Waals surface area contributed by atoms with Crippen LogP contribution in [-0.4, -0.2) is 33.0 Å². The van der Waals surface area contributed by atoms with Gasteiger partial charge in [0.2, 0.25) is 10.0 Å². The zero-order valence-electron chi connectivity index (χ0n) is 14.7. The number of rotatable bonds is 6. The average molecular weight is 549 g/mol. The number of benzene rings is 1. The molecule has 4 N–H and O–H groups in total. The molecule has 1 aromatic heterocycles. The van der Waals surface area contributed by atoms with Gasteiger partial charge in [0, 0.05) is 31.9 Å². The molecule has 156 valence electrons. The second-order valence-corrected chi connectivity index (χ2v) is 7.92. The maximum absolute atomic E-state index is 12.5. The van der Waals surface area contributed by atoms with Crippen molar-refractivity contribution >= 4 is 51.3 Å². The number of alkyl halides is 3. The normalized spacial score (nSPS) is 12.4. The van der Waals surface area contributed by atoms with E-state index in [9.17, 15) is 21.6 Å². The van der Waals surface area contributed by atoms with E-state index in [1.807, 2.05) is 0 Å². The van der Waals surface area contributed by atoms with Crippen LogP contribution in [0.4, 0.5) is 13.2 Å². The third-order valence-corrected chi connectivity index (χ3v) is 5.20. The third-order valence-electron chi connectivity index (χ3n) is 3.38. The van der Waals surface area contributed by atoms with Crippen LogP contribution in [0.15, 0.2) is 39.5 Å². The van der Waals surface area contributed by atoms with Crippen molar-refractivity contribution in [2.24, 2.45) is 10.1 Å². The Bertz CT molecular complexity index is 916. The number of nitrogens with two attached hydrogens (primary N) is 1. The summed E-state index contributed by atoms with van der Waals surface area (Å²) in [7, 11) is -2.24. The molecule has 0 saturated carbocycles. The molecule has 0 aliphatic rings. The Balaban J connectivity index is 0.00000392. The van der Waals surface area contributed by atoms with E-state index in [2.05, 4.69) is 20.6 Å². The second-order valence-electron chi connectivity index (χ2n) is 5.42. The molecule has 1 aromatic carbocycles. The van der Waals surface area contributed by atoms with E-state index in [-0.39, 0.29) is 28.9 Å². The van der Waals surface area contributed by atoms with Crippen molar-refractivity contribution in [2.75, 3.05) is 13.6 Å². The first-order valence-corrected chi connectivity index (χ1v) is 10.1. The summed E-state index contributed by atoms with van der Waals surface area (Å²) in [6.07, 6.45) is -4.13.